The fourth-order valence-electron chi connectivity index (χ4n) is 3.63. The van der Waals surface area contributed by atoms with E-state index in [1.54, 1.807) is 0 Å². The Balaban J connectivity index is 1.79. The van der Waals surface area contributed by atoms with Crippen LogP contribution in [0.15, 0.2) is 0 Å². The van der Waals surface area contributed by atoms with Crippen molar-refractivity contribution >= 4 is 11.9 Å². The second-order valence-electron chi connectivity index (χ2n) is 6.73. The number of piperidine rings is 1. The van der Waals surface area contributed by atoms with Crippen LogP contribution in [0.1, 0.15) is 33.1 Å². The lowest BCUT2D eigenvalue weighted by molar-refractivity contribution is -0.138. The number of carboxylic acids is 1. The summed E-state index contributed by atoms with van der Waals surface area (Å²) in [6.07, 6.45) is 2.32. The molecule has 2 aliphatic heterocycles. The molecule has 1 N–H and O–H groups in total. The third kappa shape index (κ3) is 4.20. The lowest BCUT2D eigenvalue weighted by Gasteiger charge is -2.35. The van der Waals surface area contributed by atoms with Gasteiger partial charge < -0.3 is 10.0 Å². The Morgan fingerprint density at radius 1 is 1.15 bits per heavy atom. The van der Waals surface area contributed by atoms with Crippen LogP contribution in [0.5, 0.6) is 0 Å². The fourth-order valence-corrected chi connectivity index (χ4v) is 3.63. The van der Waals surface area contributed by atoms with Crippen molar-refractivity contribution in [2.45, 2.75) is 33.1 Å². The zero-order valence-electron chi connectivity index (χ0n) is 12.5. The Morgan fingerprint density at radius 2 is 1.80 bits per heavy atom. The van der Waals surface area contributed by atoms with Crippen LogP contribution in [0.4, 0.5) is 0 Å². The number of carbonyl (C=O) groups is 2. The van der Waals surface area contributed by atoms with Crippen LogP contribution in [0.3, 0.4) is 0 Å². The number of carbonyl (C=O) groups excluding carboxylic acids is 1. The van der Waals surface area contributed by atoms with Crippen molar-refractivity contribution in [2.75, 3.05) is 32.7 Å². The number of hydrogen-bond acceptors (Lipinski definition) is 3. The second kappa shape index (κ2) is 6.57. The zero-order chi connectivity index (χ0) is 14.7. The minimum Gasteiger partial charge on any atom is -0.481 e. The van der Waals surface area contributed by atoms with E-state index in [0.717, 1.165) is 32.6 Å². The van der Waals surface area contributed by atoms with Gasteiger partial charge in [-0.3, -0.25) is 14.5 Å². The van der Waals surface area contributed by atoms with Crippen LogP contribution < -0.4 is 0 Å². The molecule has 2 fully saturated rings. The SMILES string of the molecule is CC1CC(C)CN(C(=O)CN2CCC(CC(=O)O)C2)C1. The lowest BCUT2D eigenvalue weighted by Crippen LogP contribution is -2.46. The molecule has 2 heterocycles. The topological polar surface area (TPSA) is 60.9 Å². The monoisotopic (exact) mass is 282 g/mol. The van der Waals surface area contributed by atoms with Crippen LogP contribution >= 0.6 is 0 Å². The van der Waals surface area contributed by atoms with Crippen molar-refractivity contribution in [1.82, 2.24) is 9.80 Å². The lowest BCUT2D eigenvalue weighted by atomic mass is 9.92. The van der Waals surface area contributed by atoms with Crippen molar-refractivity contribution in [3.63, 3.8) is 0 Å². The summed E-state index contributed by atoms with van der Waals surface area (Å²) in [5, 5.41) is 8.81. The number of nitrogens with zero attached hydrogens (tertiary/aromatic N) is 2. The van der Waals surface area contributed by atoms with E-state index in [0.29, 0.717) is 18.4 Å². The highest BCUT2D eigenvalue weighted by Gasteiger charge is 2.29. The van der Waals surface area contributed by atoms with E-state index in [4.69, 9.17) is 5.11 Å². The number of rotatable bonds is 4. The van der Waals surface area contributed by atoms with Crippen LogP contribution in [0.2, 0.25) is 0 Å². The molecule has 3 atom stereocenters. The van der Waals surface area contributed by atoms with Gasteiger partial charge >= 0.3 is 5.97 Å². The fraction of sp³-hybridized carbons (Fsp3) is 0.867. The standard InChI is InChI=1S/C15H26N2O3/c1-11-5-12(2)8-17(7-11)14(18)10-16-4-3-13(9-16)6-15(19)20/h11-13H,3-10H2,1-2H3,(H,19,20). The van der Waals surface area contributed by atoms with Gasteiger partial charge in [0.1, 0.15) is 0 Å². The summed E-state index contributed by atoms with van der Waals surface area (Å²) in [5.74, 6) is 0.850. The van der Waals surface area contributed by atoms with Crippen molar-refractivity contribution in [1.29, 1.82) is 0 Å². The quantitative estimate of drug-likeness (QED) is 0.844. The molecule has 1 amide bonds. The maximum atomic E-state index is 12.3. The highest BCUT2D eigenvalue weighted by molar-refractivity contribution is 5.78. The minimum absolute atomic E-state index is 0.208. The normalized spacial score (nSPS) is 31.5. The van der Waals surface area contributed by atoms with Crippen LogP contribution in [0.25, 0.3) is 0 Å². The van der Waals surface area contributed by atoms with Crippen molar-refractivity contribution < 1.29 is 14.7 Å². The van der Waals surface area contributed by atoms with Crippen LogP contribution in [-0.2, 0) is 9.59 Å². The molecule has 2 saturated heterocycles. The first-order chi connectivity index (χ1) is 9.44. The molecule has 0 aromatic carbocycles. The summed E-state index contributed by atoms with van der Waals surface area (Å²) in [5.41, 5.74) is 0. The predicted octanol–water partition coefficient (Wildman–Crippen LogP) is 1.29. The van der Waals surface area contributed by atoms with Gasteiger partial charge in [-0.2, -0.15) is 0 Å². The van der Waals surface area contributed by atoms with Gasteiger partial charge in [0.15, 0.2) is 0 Å². The van der Waals surface area contributed by atoms with E-state index in [1.165, 1.54) is 6.42 Å². The van der Waals surface area contributed by atoms with E-state index in [1.807, 2.05) is 4.90 Å². The molecule has 0 aromatic heterocycles. The molecule has 114 valence electrons. The second-order valence-corrected chi connectivity index (χ2v) is 6.73. The maximum Gasteiger partial charge on any atom is 0.303 e. The molecule has 0 saturated carbocycles. The van der Waals surface area contributed by atoms with Gasteiger partial charge in [-0.05, 0) is 37.1 Å². The summed E-state index contributed by atoms with van der Waals surface area (Å²) < 4.78 is 0. The Morgan fingerprint density at radius 3 is 2.40 bits per heavy atom. The predicted molar refractivity (Wildman–Crippen MR) is 76.3 cm³/mol. The van der Waals surface area contributed by atoms with E-state index in [2.05, 4.69) is 18.7 Å². The van der Waals surface area contributed by atoms with Gasteiger partial charge in [0.2, 0.25) is 5.91 Å². The summed E-state index contributed by atoms with van der Waals surface area (Å²) in [4.78, 5) is 27.2. The Hall–Kier alpha value is -1.10. The molecule has 20 heavy (non-hydrogen) atoms. The van der Waals surface area contributed by atoms with Gasteiger partial charge in [-0.1, -0.05) is 13.8 Å². The van der Waals surface area contributed by atoms with Gasteiger partial charge in [-0.25, -0.2) is 0 Å². The first-order valence-corrected chi connectivity index (χ1v) is 7.66. The van der Waals surface area contributed by atoms with Crippen molar-refractivity contribution in [3.8, 4) is 0 Å². The summed E-state index contributed by atoms with van der Waals surface area (Å²) in [6.45, 7) is 8.20. The largest absolute Gasteiger partial charge is 0.481 e. The van der Waals surface area contributed by atoms with Gasteiger partial charge in [0.05, 0.1) is 6.54 Å². The molecule has 2 rings (SSSR count). The summed E-state index contributed by atoms with van der Waals surface area (Å²) in [6, 6.07) is 0. The molecular weight excluding hydrogens is 256 g/mol. The molecular formula is C15H26N2O3. The van der Waals surface area contributed by atoms with E-state index in [-0.39, 0.29) is 18.2 Å². The average Bonchev–Trinajstić information content (AvgIpc) is 2.74. The van der Waals surface area contributed by atoms with Gasteiger partial charge in [0, 0.05) is 26.1 Å². The number of amides is 1. The molecule has 5 heteroatoms. The molecule has 5 nitrogen and oxygen atoms in total. The van der Waals surface area contributed by atoms with E-state index >= 15 is 0 Å². The van der Waals surface area contributed by atoms with Gasteiger partial charge in [-0.15, -0.1) is 0 Å². The highest BCUT2D eigenvalue weighted by Crippen LogP contribution is 2.23. The van der Waals surface area contributed by atoms with Crippen molar-refractivity contribution in [2.24, 2.45) is 17.8 Å². The van der Waals surface area contributed by atoms with Crippen molar-refractivity contribution in [3.05, 3.63) is 0 Å². The molecule has 2 aliphatic rings. The molecule has 0 spiro atoms. The maximum absolute atomic E-state index is 12.3. The first kappa shape index (κ1) is 15.3. The third-order valence-corrected chi connectivity index (χ3v) is 4.41. The van der Waals surface area contributed by atoms with Crippen LogP contribution in [0, 0.1) is 17.8 Å². The Bertz CT molecular complexity index is 362. The molecule has 3 unspecified atom stereocenters. The van der Waals surface area contributed by atoms with E-state index in [9.17, 15) is 9.59 Å². The van der Waals surface area contributed by atoms with E-state index < -0.39 is 5.97 Å². The molecule has 0 bridgehead atoms. The first-order valence-electron chi connectivity index (χ1n) is 7.66. The number of hydrogen-bond donors (Lipinski definition) is 1. The minimum atomic E-state index is -0.734. The number of aliphatic carboxylic acids is 1. The third-order valence-electron chi connectivity index (χ3n) is 4.41. The summed E-state index contributed by atoms with van der Waals surface area (Å²) in [7, 11) is 0. The van der Waals surface area contributed by atoms with Crippen LogP contribution in [-0.4, -0.2) is 59.5 Å². The zero-order valence-corrected chi connectivity index (χ0v) is 12.5. The highest BCUT2D eigenvalue weighted by atomic mass is 16.4. The number of likely N-dealkylation sites (tertiary alicyclic amines) is 2. The summed E-state index contributed by atoms with van der Waals surface area (Å²) >= 11 is 0. The smallest absolute Gasteiger partial charge is 0.303 e. The Kier molecular flexibility index (Phi) is 5.02. The molecule has 0 aliphatic carbocycles. The average molecular weight is 282 g/mol. The molecule has 0 radical (unpaired) electrons. The number of carboxylic acid groups (broad SMARTS) is 1. The molecule has 0 aromatic rings. The van der Waals surface area contributed by atoms with Gasteiger partial charge in [0.25, 0.3) is 0 Å². The Labute approximate surface area is 120 Å².